The van der Waals surface area contributed by atoms with E-state index in [9.17, 15) is 0 Å². The van der Waals surface area contributed by atoms with Gasteiger partial charge >= 0.3 is 0 Å². The number of hydrogen-bond donors (Lipinski definition) is 0. The van der Waals surface area contributed by atoms with Gasteiger partial charge in [0.1, 0.15) is 10.0 Å². The Morgan fingerprint density at radius 1 is 0.625 bits per heavy atom. The molecular weight excluding hydrogens is 336 g/mol. The molecule has 5 aromatic rings. The van der Waals surface area contributed by atoms with Crippen molar-refractivity contribution < 1.29 is 0 Å². The fourth-order valence-corrected chi connectivity index (χ4v) is 4.52. The first-order valence-electron chi connectivity index (χ1n) is 7.42. The molecule has 0 aliphatic heterocycles. The van der Waals surface area contributed by atoms with Crippen LogP contribution in [0.2, 0.25) is 0 Å². The molecule has 0 spiro atoms. The number of para-hydroxylation sites is 1. The number of aromatic nitrogens is 4. The van der Waals surface area contributed by atoms with Gasteiger partial charge in [0, 0.05) is 11.6 Å². The summed E-state index contributed by atoms with van der Waals surface area (Å²) in [6, 6.07) is 18.0. The van der Waals surface area contributed by atoms with Crippen molar-refractivity contribution in [1.29, 1.82) is 0 Å². The maximum absolute atomic E-state index is 4.72. The molecule has 4 nitrogen and oxygen atoms in total. The molecule has 4 heterocycles. The van der Waals surface area contributed by atoms with Gasteiger partial charge in [-0.05, 0) is 24.3 Å². The maximum atomic E-state index is 4.72. The van der Waals surface area contributed by atoms with E-state index in [0.717, 1.165) is 42.0 Å². The quantitative estimate of drug-likeness (QED) is 0.450. The van der Waals surface area contributed by atoms with Gasteiger partial charge in [0.25, 0.3) is 0 Å². The summed E-state index contributed by atoms with van der Waals surface area (Å²) in [5.41, 5.74) is 2.76. The largest absolute Gasteiger partial charge is 0.254 e. The Kier molecular flexibility index (Phi) is 3.11. The van der Waals surface area contributed by atoms with Crippen LogP contribution in [0.15, 0.2) is 60.8 Å². The Morgan fingerprint density at radius 3 is 2.17 bits per heavy atom. The van der Waals surface area contributed by atoms with Crippen molar-refractivity contribution in [3.8, 4) is 21.4 Å². The van der Waals surface area contributed by atoms with Gasteiger partial charge in [-0.15, -0.1) is 0 Å². The molecule has 0 unspecified atom stereocenters. The molecule has 0 saturated heterocycles. The topological polar surface area (TPSA) is 51.6 Å². The summed E-state index contributed by atoms with van der Waals surface area (Å²) in [7, 11) is 0. The van der Waals surface area contributed by atoms with Crippen molar-refractivity contribution in [2.75, 3.05) is 0 Å². The highest BCUT2D eigenvalue weighted by Crippen LogP contribution is 2.35. The molecule has 0 fully saturated rings. The van der Waals surface area contributed by atoms with E-state index in [1.807, 2.05) is 42.5 Å². The summed E-state index contributed by atoms with van der Waals surface area (Å²) in [4.78, 5) is 20.3. The summed E-state index contributed by atoms with van der Waals surface area (Å²) < 4.78 is 0. The molecule has 0 radical (unpaired) electrons. The second kappa shape index (κ2) is 5.43. The van der Waals surface area contributed by atoms with Crippen molar-refractivity contribution >= 4 is 43.2 Å². The first kappa shape index (κ1) is 13.7. The second-order valence-electron chi connectivity index (χ2n) is 5.25. The van der Waals surface area contributed by atoms with Gasteiger partial charge in [0.2, 0.25) is 0 Å². The molecule has 0 N–H and O–H groups in total. The summed E-state index contributed by atoms with van der Waals surface area (Å²) in [5.74, 6) is 0. The van der Waals surface area contributed by atoms with Crippen molar-refractivity contribution in [1.82, 2.24) is 19.9 Å². The molecule has 114 valence electrons. The molecule has 0 saturated carbocycles. The van der Waals surface area contributed by atoms with Gasteiger partial charge in [-0.3, -0.25) is 4.98 Å². The number of hydrogen-bond acceptors (Lipinski definition) is 6. The number of fused-ring (bicyclic) bond motifs is 2. The maximum Gasteiger partial charge on any atom is 0.156 e. The Bertz CT molecular complexity index is 1130. The minimum atomic E-state index is 0.887. The van der Waals surface area contributed by atoms with Crippen LogP contribution in [0.3, 0.4) is 0 Å². The first-order valence-corrected chi connectivity index (χ1v) is 9.05. The highest BCUT2D eigenvalue weighted by Gasteiger charge is 2.14. The predicted octanol–water partition coefficient (Wildman–Crippen LogP) is 5.03. The average molecular weight is 346 g/mol. The lowest BCUT2D eigenvalue weighted by Gasteiger charge is -1.99. The van der Waals surface area contributed by atoms with Crippen molar-refractivity contribution in [2.24, 2.45) is 0 Å². The standard InChI is InChI=1S/C18H10N4S2/c1-2-6-12-11(5-1)8-9-14(20-12)16-22-18-17(24-16)21-15(23-18)13-7-3-4-10-19-13/h1-10H. The lowest BCUT2D eigenvalue weighted by Crippen LogP contribution is -1.83. The van der Waals surface area contributed by atoms with Crippen LogP contribution in [-0.2, 0) is 0 Å². The van der Waals surface area contributed by atoms with E-state index in [2.05, 4.69) is 22.1 Å². The number of pyridine rings is 2. The molecule has 1 aromatic carbocycles. The van der Waals surface area contributed by atoms with Gasteiger partial charge < -0.3 is 0 Å². The van der Waals surface area contributed by atoms with Gasteiger partial charge in [0.05, 0.1) is 16.9 Å². The number of rotatable bonds is 2. The summed E-state index contributed by atoms with van der Waals surface area (Å²) in [6.07, 6.45) is 1.78. The van der Waals surface area contributed by atoms with Crippen molar-refractivity contribution in [3.63, 3.8) is 0 Å². The molecule has 0 amide bonds. The van der Waals surface area contributed by atoms with Gasteiger partial charge in [-0.1, -0.05) is 53.0 Å². The van der Waals surface area contributed by atoms with E-state index < -0.39 is 0 Å². The molecule has 4 aromatic heterocycles. The van der Waals surface area contributed by atoms with E-state index >= 15 is 0 Å². The van der Waals surface area contributed by atoms with E-state index in [4.69, 9.17) is 9.97 Å². The zero-order valence-corrected chi connectivity index (χ0v) is 14.0. The zero-order chi connectivity index (χ0) is 15.9. The number of thiazole rings is 2. The van der Waals surface area contributed by atoms with Crippen molar-refractivity contribution in [3.05, 3.63) is 60.8 Å². The van der Waals surface area contributed by atoms with Gasteiger partial charge in [0.15, 0.2) is 9.66 Å². The monoisotopic (exact) mass is 346 g/mol. The molecule has 24 heavy (non-hydrogen) atoms. The lowest BCUT2D eigenvalue weighted by molar-refractivity contribution is 1.31. The van der Waals surface area contributed by atoms with E-state index in [-0.39, 0.29) is 0 Å². The van der Waals surface area contributed by atoms with Crippen LogP contribution in [0.4, 0.5) is 0 Å². The smallest absolute Gasteiger partial charge is 0.156 e. The van der Waals surface area contributed by atoms with Crippen LogP contribution < -0.4 is 0 Å². The molecular formula is C18H10N4S2. The molecule has 0 aliphatic rings. The Hall–Kier alpha value is -2.70. The minimum absolute atomic E-state index is 0.887. The van der Waals surface area contributed by atoms with Crippen LogP contribution >= 0.6 is 22.7 Å². The average Bonchev–Trinajstić information content (AvgIpc) is 3.21. The summed E-state index contributed by atoms with van der Waals surface area (Å²) >= 11 is 3.14. The SMILES string of the molecule is c1ccc(-c2nc3sc(-c4ccc5ccccc5n4)nc3s2)nc1. The fourth-order valence-electron chi connectivity index (χ4n) is 2.54. The van der Waals surface area contributed by atoms with E-state index in [1.54, 1.807) is 28.9 Å². The first-order chi connectivity index (χ1) is 11.9. The van der Waals surface area contributed by atoms with Crippen LogP contribution in [0, 0.1) is 0 Å². The summed E-state index contributed by atoms with van der Waals surface area (Å²) in [6.45, 7) is 0. The molecule has 6 heteroatoms. The second-order valence-corrected chi connectivity index (χ2v) is 7.21. The number of nitrogens with zero attached hydrogens (tertiary/aromatic N) is 4. The normalized spacial score (nSPS) is 11.3. The summed E-state index contributed by atoms with van der Waals surface area (Å²) in [5, 5.41) is 2.94. The number of benzene rings is 1. The zero-order valence-electron chi connectivity index (χ0n) is 12.4. The van der Waals surface area contributed by atoms with Gasteiger partial charge in [-0.2, -0.15) is 0 Å². The van der Waals surface area contributed by atoms with Crippen LogP contribution in [0.1, 0.15) is 0 Å². The predicted molar refractivity (Wildman–Crippen MR) is 99.3 cm³/mol. The third-order valence-electron chi connectivity index (χ3n) is 3.68. The third-order valence-corrected chi connectivity index (χ3v) is 5.75. The fraction of sp³-hybridized carbons (Fsp3) is 0. The highest BCUT2D eigenvalue weighted by atomic mass is 32.1. The van der Waals surface area contributed by atoms with E-state index in [1.165, 1.54) is 0 Å². The molecule has 0 atom stereocenters. The van der Waals surface area contributed by atoms with Crippen LogP contribution in [0.25, 0.3) is 42.0 Å². The van der Waals surface area contributed by atoms with Crippen LogP contribution in [-0.4, -0.2) is 19.9 Å². The molecule has 5 rings (SSSR count). The third kappa shape index (κ3) is 2.28. The van der Waals surface area contributed by atoms with Gasteiger partial charge in [-0.25, -0.2) is 15.0 Å². The lowest BCUT2D eigenvalue weighted by atomic mass is 10.2. The molecule has 0 bridgehead atoms. The minimum Gasteiger partial charge on any atom is -0.254 e. The van der Waals surface area contributed by atoms with Crippen LogP contribution in [0.5, 0.6) is 0 Å². The van der Waals surface area contributed by atoms with E-state index in [0.29, 0.717) is 0 Å². The Labute approximate surface area is 145 Å². The van der Waals surface area contributed by atoms with Crippen molar-refractivity contribution in [2.45, 2.75) is 0 Å². The highest BCUT2D eigenvalue weighted by molar-refractivity contribution is 7.29. The molecule has 0 aliphatic carbocycles. The Morgan fingerprint density at radius 2 is 1.38 bits per heavy atom. The Balaban J connectivity index is 1.58.